The number of nitrogens with zero attached hydrogens (tertiary/aromatic N) is 3. The standard InChI is InChI=1S/C14H25N5O/c1-4-7-19-8-5-11(6-9-19)18-14-12(20-3)13(15-2)16-10-17-14/h10-11H,4-9H2,1-3H3,(H2,15,16,17,18). The molecule has 1 aromatic heterocycles. The third-order valence-corrected chi connectivity index (χ3v) is 3.71. The Kier molecular flexibility index (Phi) is 5.40. The van der Waals surface area contributed by atoms with Crippen LogP contribution < -0.4 is 15.4 Å². The lowest BCUT2D eigenvalue weighted by molar-refractivity contribution is 0.219. The zero-order chi connectivity index (χ0) is 14.4. The highest BCUT2D eigenvalue weighted by Gasteiger charge is 2.21. The van der Waals surface area contributed by atoms with E-state index in [1.54, 1.807) is 13.4 Å². The summed E-state index contributed by atoms with van der Waals surface area (Å²) in [6.07, 6.45) is 5.07. The van der Waals surface area contributed by atoms with E-state index >= 15 is 0 Å². The van der Waals surface area contributed by atoms with Gasteiger partial charge >= 0.3 is 0 Å². The van der Waals surface area contributed by atoms with Gasteiger partial charge in [0.05, 0.1) is 7.11 Å². The van der Waals surface area contributed by atoms with Crippen molar-refractivity contribution in [2.75, 3.05) is 44.4 Å². The largest absolute Gasteiger partial charge is 0.490 e. The van der Waals surface area contributed by atoms with Gasteiger partial charge in [-0.2, -0.15) is 0 Å². The number of rotatable bonds is 6. The lowest BCUT2D eigenvalue weighted by Crippen LogP contribution is -2.39. The molecule has 0 amide bonds. The summed E-state index contributed by atoms with van der Waals surface area (Å²) in [4.78, 5) is 11.0. The first kappa shape index (κ1) is 14.8. The van der Waals surface area contributed by atoms with Gasteiger partial charge in [0.2, 0.25) is 5.75 Å². The molecule has 0 atom stereocenters. The quantitative estimate of drug-likeness (QED) is 0.828. The zero-order valence-electron chi connectivity index (χ0n) is 12.6. The van der Waals surface area contributed by atoms with Crippen molar-refractivity contribution in [3.05, 3.63) is 6.33 Å². The van der Waals surface area contributed by atoms with Gasteiger partial charge < -0.3 is 20.3 Å². The predicted octanol–water partition coefficient (Wildman–Crippen LogP) is 1.81. The van der Waals surface area contributed by atoms with Gasteiger partial charge in [0.15, 0.2) is 11.6 Å². The van der Waals surface area contributed by atoms with Gasteiger partial charge in [0.25, 0.3) is 0 Å². The van der Waals surface area contributed by atoms with Crippen LogP contribution in [0.15, 0.2) is 6.33 Å². The van der Waals surface area contributed by atoms with Crippen LogP contribution in [0.4, 0.5) is 11.6 Å². The molecule has 1 aromatic rings. The number of nitrogens with one attached hydrogen (secondary N) is 2. The van der Waals surface area contributed by atoms with Crippen LogP contribution >= 0.6 is 0 Å². The van der Waals surface area contributed by atoms with Crippen molar-refractivity contribution in [3.63, 3.8) is 0 Å². The summed E-state index contributed by atoms with van der Waals surface area (Å²) in [5.74, 6) is 2.18. The first-order chi connectivity index (χ1) is 9.78. The number of hydrogen-bond donors (Lipinski definition) is 2. The number of hydrogen-bond acceptors (Lipinski definition) is 6. The normalized spacial score (nSPS) is 16.9. The van der Waals surface area contributed by atoms with Crippen LogP contribution in [0.1, 0.15) is 26.2 Å². The molecule has 20 heavy (non-hydrogen) atoms. The molecule has 112 valence electrons. The molecule has 6 nitrogen and oxygen atoms in total. The molecular formula is C14H25N5O. The average Bonchev–Trinajstić information content (AvgIpc) is 2.49. The molecule has 0 aromatic carbocycles. The van der Waals surface area contributed by atoms with Crippen molar-refractivity contribution in [1.82, 2.24) is 14.9 Å². The van der Waals surface area contributed by atoms with E-state index in [0.29, 0.717) is 17.6 Å². The van der Waals surface area contributed by atoms with Crippen molar-refractivity contribution in [2.24, 2.45) is 0 Å². The zero-order valence-corrected chi connectivity index (χ0v) is 12.6. The van der Waals surface area contributed by atoms with Crippen molar-refractivity contribution >= 4 is 11.6 Å². The minimum Gasteiger partial charge on any atom is -0.490 e. The Morgan fingerprint density at radius 1 is 1.30 bits per heavy atom. The lowest BCUT2D eigenvalue weighted by atomic mass is 10.0. The maximum absolute atomic E-state index is 5.41. The molecule has 0 saturated carbocycles. The molecular weight excluding hydrogens is 254 g/mol. The van der Waals surface area contributed by atoms with E-state index in [1.807, 2.05) is 7.05 Å². The Morgan fingerprint density at radius 3 is 2.60 bits per heavy atom. The van der Waals surface area contributed by atoms with Gasteiger partial charge in [-0.1, -0.05) is 6.92 Å². The van der Waals surface area contributed by atoms with Crippen LogP contribution in [0, 0.1) is 0 Å². The number of likely N-dealkylation sites (tertiary alicyclic amines) is 1. The van der Waals surface area contributed by atoms with Crippen LogP contribution in [0.25, 0.3) is 0 Å². The second kappa shape index (κ2) is 7.28. The first-order valence-corrected chi connectivity index (χ1v) is 7.34. The minimum absolute atomic E-state index is 0.455. The molecule has 1 fully saturated rings. The molecule has 6 heteroatoms. The number of ether oxygens (including phenoxy) is 1. The fourth-order valence-electron chi connectivity index (χ4n) is 2.66. The van der Waals surface area contributed by atoms with E-state index in [4.69, 9.17) is 4.74 Å². The topological polar surface area (TPSA) is 62.3 Å². The van der Waals surface area contributed by atoms with Gasteiger partial charge in [0, 0.05) is 26.2 Å². The monoisotopic (exact) mass is 279 g/mol. The summed E-state index contributed by atoms with van der Waals surface area (Å²) >= 11 is 0. The molecule has 1 aliphatic heterocycles. The number of methoxy groups -OCH3 is 1. The molecule has 1 saturated heterocycles. The Bertz CT molecular complexity index is 418. The van der Waals surface area contributed by atoms with E-state index in [0.717, 1.165) is 31.7 Å². The summed E-state index contributed by atoms with van der Waals surface area (Å²) < 4.78 is 5.41. The van der Waals surface area contributed by atoms with E-state index in [-0.39, 0.29) is 0 Å². The Morgan fingerprint density at radius 2 is 2.00 bits per heavy atom. The molecule has 2 heterocycles. The van der Waals surface area contributed by atoms with Gasteiger partial charge in [-0.3, -0.25) is 0 Å². The van der Waals surface area contributed by atoms with Crippen LogP contribution in [-0.4, -0.2) is 54.7 Å². The fourth-order valence-corrected chi connectivity index (χ4v) is 2.66. The third kappa shape index (κ3) is 3.50. The van der Waals surface area contributed by atoms with E-state index in [2.05, 4.69) is 32.4 Å². The SMILES string of the molecule is CCCN1CCC(Nc2ncnc(NC)c2OC)CC1. The number of anilines is 2. The fraction of sp³-hybridized carbons (Fsp3) is 0.714. The van der Waals surface area contributed by atoms with Crippen molar-refractivity contribution in [3.8, 4) is 5.75 Å². The predicted molar refractivity (Wildman–Crippen MR) is 81.5 cm³/mol. The van der Waals surface area contributed by atoms with E-state index < -0.39 is 0 Å². The van der Waals surface area contributed by atoms with Gasteiger partial charge in [-0.05, 0) is 25.8 Å². The smallest absolute Gasteiger partial charge is 0.204 e. The number of piperidine rings is 1. The molecule has 0 spiro atoms. The third-order valence-electron chi connectivity index (χ3n) is 3.71. The summed E-state index contributed by atoms with van der Waals surface area (Å²) in [5, 5.41) is 6.52. The minimum atomic E-state index is 0.455. The Balaban J connectivity index is 1.97. The van der Waals surface area contributed by atoms with E-state index in [9.17, 15) is 0 Å². The van der Waals surface area contributed by atoms with Gasteiger partial charge in [-0.25, -0.2) is 9.97 Å². The molecule has 0 unspecified atom stereocenters. The summed E-state index contributed by atoms with van der Waals surface area (Å²) in [6.45, 7) is 5.73. The molecule has 0 aliphatic carbocycles. The Labute approximate surface area is 120 Å². The van der Waals surface area contributed by atoms with Crippen LogP contribution in [0.2, 0.25) is 0 Å². The molecule has 2 N–H and O–H groups in total. The molecule has 2 rings (SSSR count). The number of aromatic nitrogens is 2. The Hall–Kier alpha value is -1.56. The van der Waals surface area contributed by atoms with Crippen molar-refractivity contribution < 1.29 is 4.74 Å². The molecule has 0 bridgehead atoms. The second-order valence-electron chi connectivity index (χ2n) is 5.11. The first-order valence-electron chi connectivity index (χ1n) is 7.34. The van der Waals surface area contributed by atoms with Crippen LogP contribution in [0.5, 0.6) is 5.75 Å². The highest BCUT2D eigenvalue weighted by Crippen LogP contribution is 2.30. The highest BCUT2D eigenvalue weighted by molar-refractivity contribution is 5.63. The summed E-state index contributed by atoms with van der Waals surface area (Å²) in [7, 11) is 3.48. The molecule has 1 aliphatic rings. The van der Waals surface area contributed by atoms with E-state index in [1.165, 1.54) is 13.0 Å². The summed E-state index contributed by atoms with van der Waals surface area (Å²) in [5.41, 5.74) is 0. The van der Waals surface area contributed by atoms with Crippen LogP contribution in [0.3, 0.4) is 0 Å². The van der Waals surface area contributed by atoms with Crippen LogP contribution in [-0.2, 0) is 0 Å². The maximum Gasteiger partial charge on any atom is 0.204 e. The lowest BCUT2D eigenvalue weighted by Gasteiger charge is -2.32. The van der Waals surface area contributed by atoms with Gasteiger partial charge in [0.1, 0.15) is 6.33 Å². The average molecular weight is 279 g/mol. The summed E-state index contributed by atoms with van der Waals surface area (Å²) in [6, 6.07) is 0.455. The van der Waals surface area contributed by atoms with Crippen molar-refractivity contribution in [1.29, 1.82) is 0 Å². The van der Waals surface area contributed by atoms with Gasteiger partial charge in [-0.15, -0.1) is 0 Å². The second-order valence-corrected chi connectivity index (χ2v) is 5.11. The highest BCUT2D eigenvalue weighted by atomic mass is 16.5. The maximum atomic E-state index is 5.41. The molecule has 0 radical (unpaired) electrons. The van der Waals surface area contributed by atoms with Crippen molar-refractivity contribution in [2.45, 2.75) is 32.2 Å².